The summed E-state index contributed by atoms with van der Waals surface area (Å²) >= 11 is 5.91. The second-order valence-corrected chi connectivity index (χ2v) is 5.53. The van der Waals surface area contributed by atoms with E-state index >= 15 is 0 Å². The Bertz CT molecular complexity index is 427. The first-order chi connectivity index (χ1) is 9.10. The normalized spacial score (nSPS) is 23.2. The smallest absolute Gasteiger partial charge is 0.322 e. The van der Waals surface area contributed by atoms with Gasteiger partial charge >= 0.3 is 6.01 Å². The molecule has 1 aromatic rings. The molecule has 0 radical (unpaired) electrons. The maximum atomic E-state index is 5.96. The van der Waals surface area contributed by atoms with E-state index in [0.717, 1.165) is 12.8 Å². The molecular formula is C13H21ClN4O. The molecule has 0 spiro atoms. The third-order valence-corrected chi connectivity index (χ3v) is 3.77. The second kappa shape index (κ2) is 6.37. The van der Waals surface area contributed by atoms with E-state index < -0.39 is 0 Å². The van der Waals surface area contributed by atoms with Gasteiger partial charge in [-0.2, -0.15) is 15.0 Å². The molecule has 2 unspecified atom stereocenters. The fourth-order valence-corrected chi connectivity index (χ4v) is 2.65. The van der Waals surface area contributed by atoms with Gasteiger partial charge in [-0.3, -0.25) is 0 Å². The van der Waals surface area contributed by atoms with Crippen LogP contribution in [0.25, 0.3) is 0 Å². The highest BCUT2D eigenvalue weighted by atomic mass is 35.5. The van der Waals surface area contributed by atoms with Crippen LogP contribution in [0.4, 0.5) is 5.95 Å². The molecule has 1 heterocycles. The van der Waals surface area contributed by atoms with E-state index in [9.17, 15) is 0 Å². The van der Waals surface area contributed by atoms with E-state index in [0.29, 0.717) is 17.9 Å². The van der Waals surface area contributed by atoms with Crippen LogP contribution in [0.2, 0.25) is 5.28 Å². The van der Waals surface area contributed by atoms with Crippen molar-refractivity contribution in [1.29, 1.82) is 0 Å². The van der Waals surface area contributed by atoms with E-state index in [1.807, 2.05) is 14.1 Å². The summed E-state index contributed by atoms with van der Waals surface area (Å²) in [6, 6.07) is 0.342. The minimum Gasteiger partial charge on any atom is -0.460 e. The summed E-state index contributed by atoms with van der Waals surface area (Å²) in [5.41, 5.74) is 0. The molecule has 1 aliphatic carbocycles. The van der Waals surface area contributed by atoms with Crippen LogP contribution in [0, 0.1) is 5.92 Å². The van der Waals surface area contributed by atoms with E-state index in [4.69, 9.17) is 16.3 Å². The molecule has 0 aliphatic heterocycles. The lowest BCUT2D eigenvalue weighted by Gasteiger charge is -2.30. The van der Waals surface area contributed by atoms with Gasteiger partial charge in [0.1, 0.15) is 6.10 Å². The van der Waals surface area contributed by atoms with Gasteiger partial charge in [0.15, 0.2) is 0 Å². The van der Waals surface area contributed by atoms with E-state index in [1.165, 1.54) is 19.3 Å². The van der Waals surface area contributed by atoms with Crippen LogP contribution in [0.15, 0.2) is 0 Å². The molecular weight excluding hydrogens is 264 g/mol. The zero-order valence-corrected chi connectivity index (χ0v) is 12.5. The summed E-state index contributed by atoms with van der Waals surface area (Å²) in [6.07, 6.45) is 6.12. The van der Waals surface area contributed by atoms with Gasteiger partial charge in [-0.15, -0.1) is 0 Å². The van der Waals surface area contributed by atoms with E-state index in [2.05, 4.69) is 21.9 Å². The maximum absolute atomic E-state index is 5.96. The van der Waals surface area contributed by atoms with E-state index in [1.54, 1.807) is 4.90 Å². The van der Waals surface area contributed by atoms with Crippen LogP contribution < -0.4 is 9.64 Å². The molecule has 0 aromatic carbocycles. The molecule has 0 saturated heterocycles. The fraction of sp³-hybridized carbons (Fsp3) is 0.769. The van der Waals surface area contributed by atoms with Crippen molar-refractivity contribution in [2.24, 2.45) is 5.92 Å². The predicted octanol–water partition coefficient (Wildman–Crippen LogP) is 2.94. The van der Waals surface area contributed by atoms with Crippen molar-refractivity contribution in [3.8, 4) is 6.01 Å². The number of ether oxygens (including phenoxy) is 1. The highest BCUT2D eigenvalue weighted by Crippen LogP contribution is 2.29. The first kappa shape index (κ1) is 14.3. The van der Waals surface area contributed by atoms with Gasteiger partial charge in [-0.25, -0.2) is 0 Å². The largest absolute Gasteiger partial charge is 0.460 e. The monoisotopic (exact) mass is 284 g/mol. The Labute approximate surface area is 119 Å². The Morgan fingerprint density at radius 1 is 1.21 bits per heavy atom. The van der Waals surface area contributed by atoms with Crippen LogP contribution in [-0.4, -0.2) is 35.2 Å². The summed E-state index contributed by atoms with van der Waals surface area (Å²) in [4.78, 5) is 14.2. The minimum absolute atomic E-state index is 0.178. The van der Waals surface area contributed by atoms with Crippen LogP contribution in [-0.2, 0) is 0 Å². The summed E-state index contributed by atoms with van der Waals surface area (Å²) in [5, 5.41) is 0.178. The average molecular weight is 285 g/mol. The molecule has 19 heavy (non-hydrogen) atoms. The predicted molar refractivity (Wildman–Crippen MR) is 75.8 cm³/mol. The van der Waals surface area contributed by atoms with Gasteiger partial charge in [0.05, 0.1) is 0 Å². The first-order valence-electron chi connectivity index (χ1n) is 6.85. The number of nitrogens with zero attached hydrogens (tertiary/aromatic N) is 4. The molecule has 1 aromatic heterocycles. The molecule has 0 N–H and O–H groups in total. The average Bonchev–Trinajstić information content (AvgIpc) is 2.38. The van der Waals surface area contributed by atoms with Crippen LogP contribution >= 0.6 is 11.6 Å². The standard InChI is InChI=1S/C13H21ClN4O/c1-4-9-7-5-6-8-10(9)19-13-16-11(14)15-12(17-13)18(2)3/h9-10H,4-8H2,1-3H3. The van der Waals surface area contributed by atoms with Crippen molar-refractivity contribution in [2.75, 3.05) is 19.0 Å². The van der Waals surface area contributed by atoms with Gasteiger partial charge < -0.3 is 9.64 Å². The fourth-order valence-electron chi connectivity index (χ4n) is 2.51. The molecule has 6 heteroatoms. The van der Waals surface area contributed by atoms with Crippen LogP contribution in [0.5, 0.6) is 6.01 Å². The summed E-state index contributed by atoms with van der Waals surface area (Å²) in [7, 11) is 3.73. The highest BCUT2D eigenvalue weighted by molar-refractivity contribution is 6.28. The maximum Gasteiger partial charge on any atom is 0.322 e. The molecule has 1 saturated carbocycles. The molecule has 2 rings (SSSR count). The van der Waals surface area contributed by atoms with Crippen LogP contribution in [0.1, 0.15) is 39.0 Å². The lowest BCUT2D eigenvalue weighted by Crippen LogP contribution is -2.30. The summed E-state index contributed by atoms with van der Waals surface area (Å²) < 4.78 is 5.96. The minimum atomic E-state index is 0.178. The van der Waals surface area contributed by atoms with Gasteiger partial charge in [0.2, 0.25) is 11.2 Å². The third-order valence-electron chi connectivity index (χ3n) is 3.60. The zero-order valence-electron chi connectivity index (χ0n) is 11.8. The number of hydrogen-bond acceptors (Lipinski definition) is 5. The number of rotatable bonds is 4. The van der Waals surface area contributed by atoms with Gasteiger partial charge in [-0.05, 0) is 43.2 Å². The summed E-state index contributed by atoms with van der Waals surface area (Å²) in [6.45, 7) is 2.21. The van der Waals surface area contributed by atoms with Crippen molar-refractivity contribution >= 4 is 17.5 Å². The van der Waals surface area contributed by atoms with Crippen molar-refractivity contribution < 1.29 is 4.74 Å². The molecule has 106 valence electrons. The Hall–Kier alpha value is -1.10. The Morgan fingerprint density at radius 2 is 1.95 bits per heavy atom. The molecule has 1 aliphatic rings. The van der Waals surface area contributed by atoms with Crippen molar-refractivity contribution in [2.45, 2.75) is 45.1 Å². The second-order valence-electron chi connectivity index (χ2n) is 5.19. The van der Waals surface area contributed by atoms with Gasteiger partial charge in [0, 0.05) is 14.1 Å². The first-order valence-corrected chi connectivity index (χ1v) is 7.23. The number of anilines is 1. The third kappa shape index (κ3) is 3.69. The lowest BCUT2D eigenvalue weighted by atomic mass is 9.85. The van der Waals surface area contributed by atoms with Crippen molar-refractivity contribution in [3.05, 3.63) is 5.28 Å². The van der Waals surface area contributed by atoms with Gasteiger partial charge in [0.25, 0.3) is 0 Å². The number of hydrogen-bond donors (Lipinski definition) is 0. The number of halogens is 1. The topological polar surface area (TPSA) is 51.1 Å². The number of aromatic nitrogens is 3. The zero-order chi connectivity index (χ0) is 13.8. The lowest BCUT2D eigenvalue weighted by molar-refractivity contribution is 0.0808. The Balaban J connectivity index is 2.13. The molecule has 1 fully saturated rings. The van der Waals surface area contributed by atoms with Crippen molar-refractivity contribution in [1.82, 2.24) is 15.0 Å². The SMILES string of the molecule is CCC1CCCCC1Oc1nc(Cl)nc(N(C)C)n1. The quantitative estimate of drug-likeness (QED) is 0.851. The molecule has 2 atom stereocenters. The Kier molecular flexibility index (Phi) is 4.80. The molecule has 5 nitrogen and oxygen atoms in total. The highest BCUT2D eigenvalue weighted by Gasteiger charge is 2.26. The summed E-state index contributed by atoms with van der Waals surface area (Å²) in [5.74, 6) is 1.12. The van der Waals surface area contributed by atoms with Gasteiger partial charge in [-0.1, -0.05) is 13.3 Å². The van der Waals surface area contributed by atoms with Crippen molar-refractivity contribution in [3.63, 3.8) is 0 Å². The Morgan fingerprint density at radius 3 is 2.63 bits per heavy atom. The molecule has 0 bridgehead atoms. The van der Waals surface area contributed by atoms with E-state index in [-0.39, 0.29) is 11.4 Å². The molecule has 0 amide bonds. The van der Waals surface area contributed by atoms with Crippen LogP contribution in [0.3, 0.4) is 0 Å².